The van der Waals surface area contributed by atoms with E-state index in [2.05, 4.69) is 27.4 Å². The Labute approximate surface area is 144 Å². The SMILES string of the molecule is C=C[C@]1(C)CC[C@H]2[C@]3(C1)O[C@@H]3[C@H](O)[C@@H]1[C@@](C)(CO)CC[C@H](O)[C@]12C. The monoisotopic (exact) mass is 336 g/mol. The summed E-state index contributed by atoms with van der Waals surface area (Å²) < 4.78 is 6.23. The Kier molecular flexibility index (Phi) is 3.44. The third kappa shape index (κ3) is 1.83. The van der Waals surface area contributed by atoms with Crippen molar-refractivity contribution >= 4 is 0 Å². The van der Waals surface area contributed by atoms with Crippen LogP contribution in [0.5, 0.6) is 0 Å². The highest BCUT2D eigenvalue weighted by atomic mass is 16.6. The molecule has 0 aromatic carbocycles. The maximum atomic E-state index is 11.2. The van der Waals surface area contributed by atoms with Crippen LogP contribution in [0.15, 0.2) is 12.7 Å². The molecule has 136 valence electrons. The lowest BCUT2D eigenvalue weighted by Gasteiger charge is -2.63. The average Bonchev–Trinajstić information content (AvgIpc) is 3.25. The van der Waals surface area contributed by atoms with Crippen LogP contribution in [0.3, 0.4) is 0 Å². The molecule has 3 aliphatic carbocycles. The minimum Gasteiger partial charge on any atom is -0.396 e. The van der Waals surface area contributed by atoms with Gasteiger partial charge >= 0.3 is 0 Å². The van der Waals surface area contributed by atoms with Crippen molar-refractivity contribution in [3.63, 3.8) is 0 Å². The molecule has 0 aromatic heterocycles. The summed E-state index contributed by atoms with van der Waals surface area (Å²) in [6, 6.07) is 0. The van der Waals surface area contributed by atoms with Crippen molar-refractivity contribution in [2.24, 2.45) is 28.1 Å². The van der Waals surface area contributed by atoms with Crippen LogP contribution in [-0.4, -0.2) is 45.8 Å². The number of epoxide rings is 1. The zero-order valence-corrected chi connectivity index (χ0v) is 15.2. The summed E-state index contributed by atoms with van der Waals surface area (Å²) in [5, 5.41) is 32.2. The van der Waals surface area contributed by atoms with E-state index in [9.17, 15) is 15.3 Å². The largest absolute Gasteiger partial charge is 0.396 e. The van der Waals surface area contributed by atoms with Gasteiger partial charge in [-0.1, -0.05) is 26.8 Å². The minimum atomic E-state index is -0.620. The van der Waals surface area contributed by atoms with Crippen LogP contribution in [-0.2, 0) is 4.74 Å². The third-order valence-corrected chi connectivity index (χ3v) is 8.43. The van der Waals surface area contributed by atoms with Gasteiger partial charge in [0, 0.05) is 17.9 Å². The lowest BCUT2D eigenvalue weighted by Crippen LogP contribution is -2.68. The van der Waals surface area contributed by atoms with Crippen LogP contribution < -0.4 is 0 Å². The van der Waals surface area contributed by atoms with Gasteiger partial charge in [-0.25, -0.2) is 0 Å². The number of aliphatic hydroxyl groups excluding tert-OH is 3. The molecule has 4 nitrogen and oxygen atoms in total. The second-order valence-electron chi connectivity index (χ2n) is 9.82. The molecule has 3 saturated carbocycles. The number of fused-ring (bicyclic) bond motifs is 2. The number of rotatable bonds is 2. The first kappa shape index (κ1) is 17.0. The van der Waals surface area contributed by atoms with Crippen LogP contribution in [0.1, 0.15) is 52.9 Å². The molecule has 4 rings (SSSR count). The van der Waals surface area contributed by atoms with Gasteiger partial charge in [-0.15, -0.1) is 6.58 Å². The van der Waals surface area contributed by atoms with Gasteiger partial charge in [-0.05, 0) is 48.9 Å². The molecule has 24 heavy (non-hydrogen) atoms. The van der Waals surface area contributed by atoms with E-state index in [0.29, 0.717) is 6.42 Å². The van der Waals surface area contributed by atoms with Gasteiger partial charge in [0.15, 0.2) is 0 Å². The second kappa shape index (κ2) is 4.85. The molecule has 0 bridgehead atoms. The van der Waals surface area contributed by atoms with Gasteiger partial charge in [0.05, 0.1) is 12.2 Å². The first-order valence-electron chi connectivity index (χ1n) is 9.45. The summed E-state index contributed by atoms with van der Waals surface area (Å²) in [5.41, 5.74) is -1.05. The van der Waals surface area contributed by atoms with E-state index in [1.54, 1.807) is 0 Å². The smallest absolute Gasteiger partial charge is 0.114 e. The predicted molar refractivity (Wildman–Crippen MR) is 91.3 cm³/mol. The van der Waals surface area contributed by atoms with Crippen LogP contribution >= 0.6 is 0 Å². The quantitative estimate of drug-likeness (QED) is 0.534. The number of ether oxygens (including phenoxy) is 1. The lowest BCUT2D eigenvalue weighted by atomic mass is 9.41. The van der Waals surface area contributed by atoms with Gasteiger partial charge in [-0.3, -0.25) is 0 Å². The summed E-state index contributed by atoms with van der Waals surface area (Å²) in [5.74, 6) is 0.107. The van der Waals surface area contributed by atoms with Gasteiger partial charge in [0.2, 0.25) is 0 Å². The maximum absolute atomic E-state index is 11.2. The van der Waals surface area contributed by atoms with Crippen molar-refractivity contribution in [2.75, 3.05) is 6.61 Å². The molecule has 1 spiro atoms. The fourth-order valence-electron chi connectivity index (χ4n) is 7.03. The average molecular weight is 336 g/mol. The fraction of sp³-hybridized carbons (Fsp3) is 0.900. The molecule has 3 N–H and O–H groups in total. The molecule has 4 fully saturated rings. The van der Waals surface area contributed by atoms with Crippen LogP contribution in [0.25, 0.3) is 0 Å². The highest BCUT2D eigenvalue weighted by Gasteiger charge is 2.79. The molecular formula is C20H32O4. The minimum absolute atomic E-state index is 0.0358. The Bertz CT molecular complexity index is 564. The van der Waals surface area contributed by atoms with Gasteiger partial charge in [0.25, 0.3) is 0 Å². The summed E-state index contributed by atoms with van der Waals surface area (Å²) >= 11 is 0. The molecule has 1 aliphatic heterocycles. The standard InChI is InChI=1S/C20H32O4/c1-5-17(2)8-6-12-19(4)13(22)7-9-18(3,11-21)15(19)14(23)16-20(12,10-17)24-16/h5,12-16,21-23H,1,6-11H2,2-4H3/t12-,13+,14-,15-,16-,17-,18-,19-,20+/m1/s1. The highest BCUT2D eigenvalue weighted by Crippen LogP contribution is 2.72. The first-order chi connectivity index (χ1) is 11.2. The van der Waals surface area contributed by atoms with Crippen molar-refractivity contribution in [2.45, 2.75) is 76.8 Å². The van der Waals surface area contributed by atoms with E-state index in [1.165, 1.54) is 0 Å². The van der Waals surface area contributed by atoms with Gasteiger partial charge in [0.1, 0.15) is 11.7 Å². The molecule has 0 unspecified atom stereocenters. The molecule has 4 aliphatic rings. The van der Waals surface area contributed by atoms with E-state index in [-0.39, 0.29) is 41.0 Å². The summed E-state index contributed by atoms with van der Waals surface area (Å²) in [6.45, 7) is 10.5. The third-order valence-electron chi connectivity index (χ3n) is 8.43. The normalized spacial score (nSPS) is 62.2. The zero-order valence-electron chi connectivity index (χ0n) is 15.2. The Morgan fingerprint density at radius 3 is 2.50 bits per heavy atom. The Morgan fingerprint density at radius 1 is 1.17 bits per heavy atom. The van der Waals surface area contributed by atoms with E-state index in [0.717, 1.165) is 25.7 Å². The maximum Gasteiger partial charge on any atom is 0.114 e. The topological polar surface area (TPSA) is 73.2 Å². The Hall–Kier alpha value is -0.420. The molecule has 0 amide bonds. The number of aliphatic hydroxyl groups is 3. The van der Waals surface area contributed by atoms with Crippen molar-refractivity contribution < 1.29 is 20.1 Å². The summed E-state index contributed by atoms with van der Waals surface area (Å²) in [6.07, 6.45) is 5.15. The summed E-state index contributed by atoms with van der Waals surface area (Å²) in [7, 11) is 0. The molecule has 4 heteroatoms. The Balaban J connectivity index is 1.79. The van der Waals surface area contributed by atoms with E-state index < -0.39 is 17.6 Å². The molecule has 1 heterocycles. The lowest BCUT2D eigenvalue weighted by molar-refractivity contribution is -0.213. The van der Waals surface area contributed by atoms with Gasteiger partial charge < -0.3 is 20.1 Å². The van der Waals surface area contributed by atoms with Crippen molar-refractivity contribution in [3.05, 3.63) is 12.7 Å². The predicted octanol–water partition coefficient (Wildman–Crippen LogP) is 2.27. The van der Waals surface area contributed by atoms with Gasteiger partial charge in [-0.2, -0.15) is 0 Å². The summed E-state index contributed by atoms with van der Waals surface area (Å²) in [4.78, 5) is 0. The van der Waals surface area contributed by atoms with Crippen molar-refractivity contribution in [1.29, 1.82) is 0 Å². The van der Waals surface area contributed by atoms with E-state index >= 15 is 0 Å². The van der Waals surface area contributed by atoms with E-state index in [1.807, 2.05) is 6.08 Å². The molecule has 1 saturated heterocycles. The molecule has 9 atom stereocenters. The van der Waals surface area contributed by atoms with E-state index in [4.69, 9.17) is 4.74 Å². The molecule has 0 radical (unpaired) electrons. The van der Waals surface area contributed by atoms with Crippen molar-refractivity contribution in [1.82, 2.24) is 0 Å². The first-order valence-corrected chi connectivity index (χ1v) is 9.45. The van der Waals surface area contributed by atoms with Crippen LogP contribution in [0.2, 0.25) is 0 Å². The number of hydrogen-bond donors (Lipinski definition) is 3. The van der Waals surface area contributed by atoms with Crippen LogP contribution in [0, 0.1) is 28.1 Å². The van der Waals surface area contributed by atoms with Crippen molar-refractivity contribution in [3.8, 4) is 0 Å². The number of hydrogen-bond acceptors (Lipinski definition) is 4. The fourth-order valence-corrected chi connectivity index (χ4v) is 7.03. The molecule has 0 aromatic rings. The highest BCUT2D eigenvalue weighted by molar-refractivity contribution is 5.28. The number of allylic oxidation sites excluding steroid dienone is 1. The zero-order chi connectivity index (χ0) is 17.5. The Morgan fingerprint density at radius 2 is 1.88 bits per heavy atom. The van der Waals surface area contributed by atoms with Crippen LogP contribution in [0.4, 0.5) is 0 Å². The molecular weight excluding hydrogens is 304 g/mol. The second-order valence-corrected chi connectivity index (χ2v) is 9.82.